The van der Waals surface area contributed by atoms with Crippen LogP contribution in [0.15, 0.2) is 42.6 Å². The van der Waals surface area contributed by atoms with Crippen molar-refractivity contribution in [2.45, 2.75) is 0 Å². The molecule has 0 fully saturated rings. The first-order valence-electron chi connectivity index (χ1n) is 9.82. The van der Waals surface area contributed by atoms with E-state index >= 15 is 0 Å². The Bertz CT molecular complexity index is 1090. The topological polar surface area (TPSA) is 105 Å². The van der Waals surface area contributed by atoms with Crippen molar-refractivity contribution >= 4 is 28.2 Å². The number of nitrogens with one attached hydrogen (secondary N) is 1. The van der Waals surface area contributed by atoms with Crippen LogP contribution in [0.5, 0.6) is 11.5 Å². The van der Waals surface area contributed by atoms with E-state index < -0.39 is 11.7 Å². The van der Waals surface area contributed by atoms with E-state index in [1.54, 1.807) is 24.4 Å². The van der Waals surface area contributed by atoms with E-state index in [4.69, 9.17) is 24.7 Å². The second-order valence-corrected chi connectivity index (χ2v) is 6.78. The smallest absolute Gasteiger partial charge is 0.248 e. The highest BCUT2D eigenvalue weighted by molar-refractivity contribution is 5.96. The minimum Gasteiger partial charge on any atom is -0.487 e. The van der Waals surface area contributed by atoms with Crippen molar-refractivity contribution in [3.63, 3.8) is 0 Å². The first-order chi connectivity index (χ1) is 15.1. The second kappa shape index (κ2) is 9.59. The highest BCUT2D eigenvalue weighted by Crippen LogP contribution is 2.36. The standard InChI is InChI=1S/C22H22FN3O5/c23-16-11-14(22(24)27)1-2-18(16)26-17-3-4-25-19-13-21-20(12-15(17)19)30-9-7-28-5-6-29-8-10-31-21/h1-4,11-13H,5-10H2,(H2,24,27)(H,25,26). The molecule has 162 valence electrons. The molecule has 0 unspecified atom stereocenters. The lowest BCUT2D eigenvalue weighted by Gasteiger charge is -2.17. The third-order valence-electron chi connectivity index (χ3n) is 4.67. The summed E-state index contributed by atoms with van der Waals surface area (Å²) in [6, 6.07) is 9.32. The van der Waals surface area contributed by atoms with E-state index in [9.17, 15) is 9.18 Å². The number of amides is 1. The van der Waals surface area contributed by atoms with E-state index in [1.165, 1.54) is 12.1 Å². The van der Waals surface area contributed by atoms with Gasteiger partial charge in [-0.25, -0.2) is 4.39 Å². The largest absolute Gasteiger partial charge is 0.487 e. The normalized spacial score (nSPS) is 15.0. The third-order valence-corrected chi connectivity index (χ3v) is 4.67. The van der Waals surface area contributed by atoms with Gasteiger partial charge >= 0.3 is 0 Å². The number of nitrogens with two attached hydrogens (primary N) is 1. The number of ether oxygens (including phenoxy) is 4. The first-order valence-corrected chi connectivity index (χ1v) is 9.82. The Morgan fingerprint density at radius 1 is 0.903 bits per heavy atom. The zero-order valence-electron chi connectivity index (χ0n) is 16.7. The number of aromatic nitrogens is 1. The quantitative estimate of drug-likeness (QED) is 0.662. The van der Waals surface area contributed by atoms with Crippen LogP contribution in [0.4, 0.5) is 15.8 Å². The lowest BCUT2D eigenvalue weighted by Crippen LogP contribution is -2.15. The van der Waals surface area contributed by atoms with Gasteiger partial charge in [0.05, 0.1) is 37.6 Å². The number of carbonyl (C=O) groups is 1. The molecule has 1 aromatic heterocycles. The highest BCUT2D eigenvalue weighted by atomic mass is 19.1. The van der Waals surface area contributed by atoms with Crippen LogP contribution >= 0.6 is 0 Å². The maximum Gasteiger partial charge on any atom is 0.248 e. The number of rotatable bonds is 3. The summed E-state index contributed by atoms with van der Waals surface area (Å²) in [5, 5.41) is 3.76. The van der Waals surface area contributed by atoms with Crippen LogP contribution in [0.25, 0.3) is 10.9 Å². The van der Waals surface area contributed by atoms with Crippen molar-refractivity contribution in [2.75, 3.05) is 45.0 Å². The summed E-state index contributed by atoms with van der Waals surface area (Å²) in [4.78, 5) is 15.7. The lowest BCUT2D eigenvalue weighted by atomic mass is 10.1. The molecule has 8 nitrogen and oxygen atoms in total. The van der Waals surface area contributed by atoms with Crippen molar-refractivity contribution in [3.8, 4) is 11.5 Å². The first kappa shape index (κ1) is 20.8. The molecule has 0 saturated carbocycles. The van der Waals surface area contributed by atoms with Gasteiger partial charge in [0.1, 0.15) is 19.0 Å². The van der Waals surface area contributed by atoms with E-state index in [0.717, 1.165) is 6.07 Å². The Morgan fingerprint density at radius 2 is 1.58 bits per heavy atom. The number of nitrogens with zero attached hydrogens (tertiary/aromatic N) is 1. The monoisotopic (exact) mass is 427 g/mol. The minimum atomic E-state index is -0.692. The second-order valence-electron chi connectivity index (χ2n) is 6.78. The molecule has 0 atom stereocenters. The molecule has 3 aromatic rings. The number of primary amides is 1. The Kier molecular flexibility index (Phi) is 6.44. The number of fused-ring (bicyclic) bond motifs is 2. The van der Waals surface area contributed by atoms with Gasteiger partial charge in [-0.2, -0.15) is 0 Å². The summed E-state index contributed by atoms with van der Waals surface area (Å²) in [5.41, 5.74) is 6.77. The summed E-state index contributed by atoms with van der Waals surface area (Å²) < 4.78 is 37.1. The van der Waals surface area contributed by atoms with Gasteiger partial charge in [-0.1, -0.05) is 0 Å². The van der Waals surface area contributed by atoms with Gasteiger partial charge < -0.3 is 30.0 Å². The predicted molar refractivity (Wildman–Crippen MR) is 113 cm³/mol. The van der Waals surface area contributed by atoms with E-state index in [2.05, 4.69) is 10.3 Å². The molecule has 2 aromatic carbocycles. The fraction of sp³-hybridized carbons (Fsp3) is 0.273. The molecular formula is C22H22FN3O5. The molecule has 31 heavy (non-hydrogen) atoms. The van der Waals surface area contributed by atoms with Crippen molar-refractivity contribution in [2.24, 2.45) is 5.73 Å². The molecule has 4 rings (SSSR count). The van der Waals surface area contributed by atoms with Crippen molar-refractivity contribution < 1.29 is 28.1 Å². The highest BCUT2D eigenvalue weighted by Gasteiger charge is 2.14. The summed E-state index contributed by atoms with van der Waals surface area (Å²) in [5.74, 6) is -0.219. The molecule has 0 saturated heterocycles. The predicted octanol–water partition coefficient (Wildman–Crippen LogP) is 3.02. The van der Waals surface area contributed by atoms with Gasteiger partial charge in [-0.3, -0.25) is 9.78 Å². The van der Waals surface area contributed by atoms with Gasteiger partial charge in [0, 0.05) is 28.9 Å². The Morgan fingerprint density at radius 3 is 2.26 bits per heavy atom. The lowest BCUT2D eigenvalue weighted by molar-refractivity contribution is 0.0224. The van der Waals surface area contributed by atoms with Crippen LogP contribution in [0.1, 0.15) is 10.4 Å². The van der Waals surface area contributed by atoms with E-state index in [-0.39, 0.29) is 11.3 Å². The van der Waals surface area contributed by atoms with Crippen molar-refractivity contribution in [3.05, 3.63) is 54.0 Å². The molecule has 2 heterocycles. The van der Waals surface area contributed by atoms with E-state index in [1.807, 2.05) is 0 Å². The van der Waals surface area contributed by atoms with Gasteiger partial charge in [-0.15, -0.1) is 0 Å². The molecule has 0 radical (unpaired) electrons. The molecule has 1 aliphatic heterocycles. The fourth-order valence-corrected chi connectivity index (χ4v) is 3.15. The van der Waals surface area contributed by atoms with Crippen molar-refractivity contribution in [1.29, 1.82) is 0 Å². The number of hydrogen-bond acceptors (Lipinski definition) is 7. The Hall–Kier alpha value is -3.43. The molecule has 1 aliphatic rings. The third kappa shape index (κ3) is 5.01. The average molecular weight is 427 g/mol. The minimum absolute atomic E-state index is 0.0967. The number of pyridine rings is 1. The Balaban J connectivity index is 1.67. The van der Waals surface area contributed by atoms with Gasteiger partial charge in [0.15, 0.2) is 11.5 Å². The SMILES string of the molecule is NC(=O)c1ccc(Nc2ccnc3cc4c(cc23)OCCOCCOCCO4)c(F)c1. The van der Waals surface area contributed by atoms with Crippen LogP contribution in [-0.2, 0) is 9.47 Å². The molecule has 0 bridgehead atoms. The number of benzene rings is 2. The zero-order valence-corrected chi connectivity index (χ0v) is 16.7. The van der Waals surface area contributed by atoms with Crippen LogP contribution in [0.3, 0.4) is 0 Å². The van der Waals surface area contributed by atoms with Crippen molar-refractivity contribution in [1.82, 2.24) is 4.98 Å². The van der Waals surface area contributed by atoms with Gasteiger partial charge in [0.2, 0.25) is 5.91 Å². The maximum atomic E-state index is 14.5. The molecule has 3 N–H and O–H groups in total. The summed E-state index contributed by atoms with van der Waals surface area (Å²) in [6.07, 6.45) is 1.61. The molecule has 1 amide bonds. The Labute approximate surface area is 178 Å². The molecule has 0 spiro atoms. The van der Waals surface area contributed by atoms with Crippen LogP contribution in [0.2, 0.25) is 0 Å². The van der Waals surface area contributed by atoms with Gasteiger partial charge in [-0.05, 0) is 30.3 Å². The van der Waals surface area contributed by atoms with Gasteiger partial charge in [0.25, 0.3) is 0 Å². The number of anilines is 2. The van der Waals surface area contributed by atoms with Crippen LogP contribution < -0.4 is 20.5 Å². The number of halogens is 1. The van der Waals surface area contributed by atoms with E-state index in [0.29, 0.717) is 67.7 Å². The molecule has 0 aliphatic carbocycles. The zero-order chi connectivity index (χ0) is 21.6. The summed E-state index contributed by atoms with van der Waals surface area (Å²) >= 11 is 0. The average Bonchev–Trinajstić information content (AvgIpc) is 2.75. The van der Waals surface area contributed by atoms with Crippen LogP contribution in [0, 0.1) is 5.82 Å². The number of hydrogen-bond donors (Lipinski definition) is 2. The summed E-state index contributed by atoms with van der Waals surface area (Å²) in [7, 11) is 0. The number of carbonyl (C=O) groups excluding carboxylic acids is 1. The van der Waals surface area contributed by atoms with Crippen LogP contribution in [-0.4, -0.2) is 50.5 Å². The maximum absolute atomic E-state index is 14.5. The fourth-order valence-electron chi connectivity index (χ4n) is 3.15. The summed E-state index contributed by atoms with van der Waals surface area (Å²) in [6.45, 7) is 2.53. The molecule has 9 heteroatoms. The molecular weight excluding hydrogens is 405 g/mol.